The van der Waals surface area contributed by atoms with Crippen molar-refractivity contribution in [3.05, 3.63) is 71.3 Å². The second-order valence-electron chi connectivity index (χ2n) is 5.93. The van der Waals surface area contributed by atoms with Crippen LogP contribution in [0.15, 0.2) is 54.6 Å². The molecule has 110 valence electrons. The average molecular weight is 280 g/mol. The van der Waals surface area contributed by atoms with Crippen molar-refractivity contribution in [3.63, 3.8) is 0 Å². The average Bonchev–Trinajstić information content (AvgIpc) is 2.76. The van der Waals surface area contributed by atoms with Gasteiger partial charge in [-0.2, -0.15) is 0 Å². The lowest BCUT2D eigenvalue weighted by Crippen LogP contribution is -2.31. The predicted molar refractivity (Wildman–Crippen MR) is 88.3 cm³/mol. The Bertz CT molecular complexity index is 565. The lowest BCUT2D eigenvalue weighted by Gasteiger charge is -2.25. The highest BCUT2D eigenvalue weighted by atomic mass is 15.2. The fourth-order valence-corrected chi connectivity index (χ4v) is 3.07. The zero-order valence-electron chi connectivity index (χ0n) is 12.8. The van der Waals surface area contributed by atoms with Gasteiger partial charge < -0.3 is 5.32 Å². The fourth-order valence-electron chi connectivity index (χ4n) is 3.07. The SMILES string of the molecule is Cc1ccccc1CN1CCCNC(c2ccccc2)C1. The molecule has 0 spiro atoms. The molecule has 1 fully saturated rings. The van der Waals surface area contributed by atoms with E-state index in [0.29, 0.717) is 6.04 Å². The number of aryl methyl sites for hydroxylation is 1. The summed E-state index contributed by atoms with van der Waals surface area (Å²) < 4.78 is 0. The van der Waals surface area contributed by atoms with E-state index in [9.17, 15) is 0 Å². The van der Waals surface area contributed by atoms with Crippen molar-refractivity contribution in [2.75, 3.05) is 19.6 Å². The minimum atomic E-state index is 0.442. The van der Waals surface area contributed by atoms with Crippen LogP contribution in [0.3, 0.4) is 0 Å². The zero-order chi connectivity index (χ0) is 14.5. The van der Waals surface area contributed by atoms with Gasteiger partial charge in [-0.05, 0) is 43.1 Å². The van der Waals surface area contributed by atoms with E-state index in [4.69, 9.17) is 0 Å². The Balaban J connectivity index is 1.72. The van der Waals surface area contributed by atoms with Gasteiger partial charge in [0, 0.05) is 19.1 Å². The standard InChI is InChI=1S/C19H24N2/c1-16-8-5-6-11-18(16)14-21-13-7-12-20-19(15-21)17-9-3-2-4-10-17/h2-6,8-11,19-20H,7,12-15H2,1H3. The van der Waals surface area contributed by atoms with Gasteiger partial charge >= 0.3 is 0 Å². The summed E-state index contributed by atoms with van der Waals surface area (Å²) in [5.74, 6) is 0. The maximum Gasteiger partial charge on any atom is 0.0449 e. The number of hydrogen-bond donors (Lipinski definition) is 1. The zero-order valence-corrected chi connectivity index (χ0v) is 12.8. The molecule has 2 nitrogen and oxygen atoms in total. The molecule has 2 aromatic rings. The van der Waals surface area contributed by atoms with Crippen LogP contribution in [0.25, 0.3) is 0 Å². The molecule has 0 aromatic heterocycles. The molecule has 1 unspecified atom stereocenters. The van der Waals surface area contributed by atoms with Crippen molar-refractivity contribution >= 4 is 0 Å². The first-order chi connectivity index (χ1) is 10.3. The molecular formula is C19H24N2. The quantitative estimate of drug-likeness (QED) is 0.925. The van der Waals surface area contributed by atoms with Gasteiger partial charge in [0.15, 0.2) is 0 Å². The fraction of sp³-hybridized carbons (Fsp3) is 0.368. The van der Waals surface area contributed by atoms with Crippen LogP contribution in [0.4, 0.5) is 0 Å². The summed E-state index contributed by atoms with van der Waals surface area (Å²) in [6, 6.07) is 20.0. The van der Waals surface area contributed by atoms with Gasteiger partial charge in [-0.25, -0.2) is 0 Å². The first kappa shape index (κ1) is 14.3. The van der Waals surface area contributed by atoms with Gasteiger partial charge in [0.1, 0.15) is 0 Å². The molecule has 1 N–H and O–H groups in total. The van der Waals surface area contributed by atoms with E-state index in [1.54, 1.807) is 0 Å². The Kier molecular flexibility index (Phi) is 4.69. The van der Waals surface area contributed by atoms with Gasteiger partial charge in [0.2, 0.25) is 0 Å². The maximum atomic E-state index is 3.69. The summed E-state index contributed by atoms with van der Waals surface area (Å²) in [5, 5.41) is 3.69. The van der Waals surface area contributed by atoms with Gasteiger partial charge in [-0.1, -0.05) is 54.6 Å². The second-order valence-corrected chi connectivity index (χ2v) is 5.93. The molecule has 2 heteroatoms. The first-order valence-electron chi connectivity index (χ1n) is 7.88. The summed E-state index contributed by atoms with van der Waals surface area (Å²) in [4.78, 5) is 2.58. The van der Waals surface area contributed by atoms with Crippen LogP contribution in [-0.4, -0.2) is 24.5 Å². The molecule has 0 aliphatic carbocycles. The number of nitrogens with zero attached hydrogens (tertiary/aromatic N) is 1. The Morgan fingerprint density at radius 2 is 1.81 bits per heavy atom. The third-order valence-corrected chi connectivity index (χ3v) is 4.34. The van der Waals surface area contributed by atoms with Crippen molar-refractivity contribution in [2.24, 2.45) is 0 Å². The van der Waals surface area contributed by atoms with E-state index in [-0.39, 0.29) is 0 Å². The first-order valence-corrected chi connectivity index (χ1v) is 7.88. The van der Waals surface area contributed by atoms with Crippen molar-refractivity contribution in [3.8, 4) is 0 Å². The molecule has 1 atom stereocenters. The molecule has 0 saturated carbocycles. The monoisotopic (exact) mass is 280 g/mol. The molecule has 3 rings (SSSR count). The molecule has 1 saturated heterocycles. The minimum absolute atomic E-state index is 0.442. The summed E-state index contributed by atoms with van der Waals surface area (Å²) in [5.41, 5.74) is 4.24. The Morgan fingerprint density at radius 1 is 1.05 bits per heavy atom. The summed E-state index contributed by atoms with van der Waals surface area (Å²) in [7, 11) is 0. The smallest absolute Gasteiger partial charge is 0.0449 e. The summed E-state index contributed by atoms with van der Waals surface area (Å²) >= 11 is 0. The largest absolute Gasteiger partial charge is 0.309 e. The van der Waals surface area contributed by atoms with Gasteiger partial charge in [-0.3, -0.25) is 4.90 Å². The van der Waals surface area contributed by atoms with E-state index < -0.39 is 0 Å². The summed E-state index contributed by atoms with van der Waals surface area (Å²) in [6.07, 6.45) is 1.22. The lowest BCUT2D eigenvalue weighted by atomic mass is 10.1. The molecule has 1 heterocycles. The normalized spacial score (nSPS) is 20.1. The van der Waals surface area contributed by atoms with Gasteiger partial charge in [-0.15, -0.1) is 0 Å². The van der Waals surface area contributed by atoms with E-state index in [1.165, 1.54) is 29.7 Å². The van der Waals surface area contributed by atoms with Crippen molar-refractivity contribution < 1.29 is 0 Å². The lowest BCUT2D eigenvalue weighted by molar-refractivity contribution is 0.260. The van der Waals surface area contributed by atoms with Crippen molar-refractivity contribution in [1.82, 2.24) is 10.2 Å². The van der Waals surface area contributed by atoms with Gasteiger partial charge in [0.05, 0.1) is 0 Å². The highest BCUT2D eigenvalue weighted by Crippen LogP contribution is 2.19. The summed E-state index contributed by atoms with van der Waals surface area (Å²) in [6.45, 7) is 6.62. The topological polar surface area (TPSA) is 15.3 Å². The molecule has 2 aromatic carbocycles. The molecule has 1 aliphatic heterocycles. The molecule has 0 amide bonds. The number of benzene rings is 2. The van der Waals surface area contributed by atoms with Crippen LogP contribution in [0.5, 0.6) is 0 Å². The predicted octanol–water partition coefficient (Wildman–Crippen LogP) is 3.53. The van der Waals surface area contributed by atoms with E-state index in [0.717, 1.165) is 19.6 Å². The number of nitrogens with one attached hydrogen (secondary N) is 1. The highest BCUT2D eigenvalue weighted by Gasteiger charge is 2.19. The molecule has 0 bridgehead atoms. The molecule has 0 radical (unpaired) electrons. The van der Waals surface area contributed by atoms with Crippen LogP contribution < -0.4 is 5.32 Å². The Morgan fingerprint density at radius 3 is 2.62 bits per heavy atom. The third kappa shape index (κ3) is 3.72. The van der Waals surface area contributed by atoms with Crippen LogP contribution in [0.1, 0.15) is 29.2 Å². The molecule has 21 heavy (non-hydrogen) atoms. The highest BCUT2D eigenvalue weighted by molar-refractivity contribution is 5.25. The van der Waals surface area contributed by atoms with E-state index in [1.807, 2.05) is 0 Å². The number of rotatable bonds is 3. The minimum Gasteiger partial charge on any atom is -0.309 e. The Labute approximate surface area is 127 Å². The molecular weight excluding hydrogens is 256 g/mol. The van der Waals surface area contributed by atoms with Crippen LogP contribution in [0.2, 0.25) is 0 Å². The second kappa shape index (κ2) is 6.88. The van der Waals surface area contributed by atoms with E-state index in [2.05, 4.69) is 71.7 Å². The third-order valence-electron chi connectivity index (χ3n) is 4.34. The van der Waals surface area contributed by atoms with Crippen molar-refractivity contribution in [1.29, 1.82) is 0 Å². The Hall–Kier alpha value is -1.64. The molecule has 1 aliphatic rings. The number of hydrogen-bond acceptors (Lipinski definition) is 2. The van der Waals surface area contributed by atoms with Crippen LogP contribution in [0, 0.1) is 6.92 Å². The van der Waals surface area contributed by atoms with Crippen LogP contribution in [-0.2, 0) is 6.54 Å². The maximum absolute atomic E-state index is 3.69. The van der Waals surface area contributed by atoms with Crippen LogP contribution >= 0.6 is 0 Å². The van der Waals surface area contributed by atoms with E-state index >= 15 is 0 Å². The van der Waals surface area contributed by atoms with Gasteiger partial charge in [0.25, 0.3) is 0 Å². The van der Waals surface area contributed by atoms with Crippen molar-refractivity contribution in [2.45, 2.75) is 25.9 Å².